The molecule has 1 aromatic carbocycles. The topological polar surface area (TPSA) is 46.9 Å². The van der Waals surface area contributed by atoms with Crippen molar-refractivity contribution in [2.75, 3.05) is 0 Å². The molecule has 0 spiro atoms. The molecule has 4 heteroatoms. The SMILES string of the molecule is C=C(C)C(=O)NCc1nc2ccccc2n1CCC(C)C. The molecule has 2 rings (SSSR count). The Morgan fingerprint density at radius 1 is 1.38 bits per heavy atom. The number of hydrogen-bond donors (Lipinski definition) is 1. The minimum absolute atomic E-state index is 0.127. The molecule has 0 unspecified atom stereocenters. The first-order valence-corrected chi connectivity index (χ1v) is 7.37. The third kappa shape index (κ3) is 3.72. The van der Waals surface area contributed by atoms with Crippen LogP contribution in [0.3, 0.4) is 0 Å². The van der Waals surface area contributed by atoms with Crippen LogP contribution < -0.4 is 5.32 Å². The largest absolute Gasteiger partial charge is 0.345 e. The number of benzene rings is 1. The second kappa shape index (κ2) is 6.57. The van der Waals surface area contributed by atoms with Crippen molar-refractivity contribution >= 4 is 16.9 Å². The third-order valence-corrected chi connectivity index (χ3v) is 3.46. The number of aromatic nitrogens is 2. The Labute approximate surface area is 125 Å². The molecule has 0 saturated carbocycles. The summed E-state index contributed by atoms with van der Waals surface area (Å²) in [5.41, 5.74) is 2.61. The number of nitrogens with one attached hydrogen (secondary N) is 1. The fourth-order valence-electron chi connectivity index (χ4n) is 2.21. The average Bonchev–Trinajstić information content (AvgIpc) is 2.80. The maximum absolute atomic E-state index is 11.7. The number of amides is 1. The van der Waals surface area contributed by atoms with Crippen molar-refractivity contribution in [1.82, 2.24) is 14.9 Å². The van der Waals surface area contributed by atoms with Crippen LogP contribution in [0.2, 0.25) is 0 Å². The third-order valence-electron chi connectivity index (χ3n) is 3.46. The molecule has 112 valence electrons. The first kappa shape index (κ1) is 15.3. The molecular weight excluding hydrogens is 262 g/mol. The summed E-state index contributed by atoms with van der Waals surface area (Å²) in [6, 6.07) is 8.09. The maximum Gasteiger partial charge on any atom is 0.246 e. The van der Waals surface area contributed by atoms with Crippen molar-refractivity contribution in [3.63, 3.8) is 0 Å². The molecule has 1 aromatic heterocycles. The lowest BCUT2D eigenvalue weighted by atomic mass is 10.1. The number of carbonyl (C=O) groups is 1. The lowest BCUT2D eigenvalue weighted by molar-refractivity contribution is -0.117. The fraction of sp³-hybridized carbons (Fsp3) is 0.412. The van der Waals surface area contributed by atoms with Crippen LogP contribution >= 0.6 is 0 Å². The Morgan fingerprint density at radius 3 is 2.76 bits per heavy atom. The van der Waals surface area contributed by atoms with Crippen LogP contribution in [0.15, 0.2) is 36.4 Å². The summed E-state index contributed by atoms with van der Waals surface area (Å²) in [5, 5.41) is 2.87. The Morgan fingerprint density at radius 2 is 2.10 bits per heavy atom. The highest BCUT2D eigenvalue weighted by atomic mass is 16.1. The van der Waals surface area contributed by atoms with E-state index >= 15 is 0 Å². The summed E-state index contributed by atoms with van der Waals surface area (Å²) >= 11 is 0. The molecule has 0 aliphatic carbocycles. The zero-order chi connectivity index (χ0) is 15.4. The van der Waals surface area contributed by atoms with Gasteiger partial charge in [-0.15, -0.1) is 0 Å². The average molecular weight is 285 g/mol. The van der Waals surface area contributed by atoms with Gasteiger partial charge in [0.25, 0.3) is 0 Å². The fourth-order valence-corrected chi connectivity index (χ4v) is 2.21. The first-order chi connectivity index (χ1) is 9.99. The van der Waals surface area contributed by atoms with E-state index in [-0.39, 0.29) is 5.91 Å². The van der Waals surface area contributed by atoms with Crippen molar-refractivity contribution < 1.29 is 4.79 Å². The van der Waals surface area contributed by atoms with E-state index < -0.39 is 0 Å². The van der Waals surface area contributed by atoms with Gasteiger partial charge in [-0.3, -0.25) is 4.79 Å². The van der Waals surface area contributed by atoms with Gasteiger partial charge in [-0.05, 0) is 31.4 Å². The second-order valence-corrected chi connectivity index (χ2v) is 5.81. The van der Waals surface area contributed by atoms with E-state index in [1.165, 1.54) is 0 Å². The van der Waals surface area contributed by atoms with Gasteiger partial charge in [-0.1, -0.05) is 32.6 Å². The van der Waals surface area contributed by atoms with Crippen LogP contribution in [-0.2, 0) is 17.9 Å². The number of para-hydroxylation sites is 2. The van der Waals surface area contributed by atoms with Gasteiger partial charge in [0.2, 0.25) is 5.91 Å². The summed E-state index contributed by atoms with van der Waals surface area (Å²) in [5.74, 6) is 1.40. The van der Waals surface area contributed by atoms with Crippen molar-refractivity contribution in [2.24, 2.45) is 5.92 Å². The zero-order valence-electron chi connectivity index (χ0n) is 13.0. The van der Waals surface area contributed by atoms with Gasteiger partial charge >= 0.3 is 0 Å². The van der Waals surface area contributed by atoms with E-state index in [1.54, 1.807) is 6.92 Å². The highest BCUT2D eigenvalue weighted by Gasteiger charge is 2.12. The molecule has 21 heavy (non-hydrogen) atoms. The van der Waals surface area contributed by atoms with E-state index in [1.807, 2.05) is 18.2 Å². The molecule has 0 saturated heterocycles. The number of imidazole rings is 1. The first-order valence-electron chi connectivity index (χ1n) is 7.37. The molecule has 0 aliphatic rings. The number of fused-ring (bicyclic) bond motifs is 1. The van der Waals surface area contributed by atoms with Crippen molar-refractivity contribution in [2.45, 2.75) is 40.3 Å². The van der Waals surface area contributed by atoms with Crippen LogP contribution in [0.25, 0.3) is 11.0 Å². The minimum atomic E-state index is -0.127. The van der Waals surface area contributed by atoms with E-state index in [0.29, 0.717) is 18.0 Å². The van der Waals surface area contributed by atoms with Crippen LogP contribution in [-0.4, -0.2) is 15.5 Å². The number of nitrogens with zero attached hydrogens (tertiary/aromatic N) is 2. The summed E-state index contributed by atoms with van der Waals surface area (Å²) in [6.07, 6.45) is 1.09. The monoisotopic (exact) mass is 285 g/mol. The van der Waals surface area contributed by atoms with Gasteiger partial charge in [0.05, 0.1) is 17.6 Å². The standard InChI is InChI=1S/C17H23N3O/c1-12(2)9-10-20-15-8-6-5-7-14(15)19-16(20)11-18-17(21)13(3)4/h5-8,12H,3,9-11H2,1-2,4H3,(H,18,21). The summed E-state index contributed by atoms with van der Waals surface area (Å²) in [7, 11) is 0. The Kier molecular flexibility index (Phi) is 4.78. The molecule has 2 aromatic rings. The van der Waals surface area contributed by atoms with E-state index in [4.69, 9.17) is 0 Å². The van der Waals surface area contributed by atoms with Gasteiger partial charge in [-0.2, -0.15) is 0 Å². The van der Waals surface area contributed by atoms with E-state index in [0.717, 1.165) is 29.8 Å². The lowest BCUT2D eigenvalue weighted by Gasteiger charge is -2.11. The summed E-state index contributed by atoms with van der Waals surface area (Å²) < 4.78 is 2.20. The smallest absolute Gasteiger partial charge is 0.246 e. The summed E-state index contributed by atoms with van der Waals surface area (Å²) in [4.78, 5) is 16.3. The number of rotatable bonds is 6. The van der Waals surface area contributed by atoms with Crippen molar-refractivity contribution in [3.8, 4) is 0 Å². The van der Waals surface area contributed by atoms with Crippen molar-refractivity contribution in [3.05, 3.63) is 42.2 Å². The molecular formula is C17H23N3O. The number of aryl methyl sites for hydroxylation is 1. The van der Waals surface area contributed by atoms with Gasteiger partial charge < -0.3 is 9.88 Å². The van der Waals surface area contributed by atoms with E-state index in [2.05, 4.69) is 41.4 Å². The van der Waals surface area contributed by atoms with Crippen LogP contribution in [0.1, 0.15) is 33.0 Å². The van der Waals surface area contributed by atoms with Gasteiger partial charge in [-0.25, -0.2) is 4.98 Å². The number of hydrogen-bond acceptors (Lipinski definition) is 2. The molecule has 0 bridgehead atoms. The van der Waals surface area contributed by atoms with Crippen molar-refractivity contribution in [1.29, 1.82) is 0 Å². The minimum Gasteiger partial charge on any atom is -0.345 e. The van der Waals surface area contributed by atoms with Gasteiger partial charge in [0.15, 0.2) is 0 Å². The molecule has 0 atom stereocenters. The molecule has 0 fully saturated rings. The predicted octanol–water partition coefficient (Wildman–Crippen LogP) is 3.27. The molecule has 0 radical (unpaired) electrons. The van der Waals surface area contributed by atoms with E-state index in [9.17, 15) is 4.79 Å². The maximum atomic E-state index is 11.7. The van der Waals surface area contributed by atoms with Crippen LogP contribution in [0.4, 0.5) is 0 Å². The van der Waals surface area contributed by atoms with Crippen LogP contribution in [0.5, 0.6) is 0 Å². The number of carbonyl (C=O) groups excluding carboxylic acids is 1. The van der Waals surface area contributed by atoms with Crippen LogP contribution in [0, 0.1) is 5.92 Å². The quantitative estimate of drug-likeness (QED) is 0.828. The highest BCUT2D eigenvalue weighted by Crippen LogP contribution is 2.17. The predicted molar refractivity (Wildman–Crippen MR) is 85.8 cm³/mol. The summed E-state index contributed by atoms with van der Waals surface area (Å²) in [6.45, 7) is 11.1. The molecule has 1 N–H and O–H groups in total. The second-order valence-electron chi connectivity index (χ2n) is 5.81. The normalized spacial score (nSPS) is 11.0. The molecule has 0 aliphatic heterocycles. The Hall–Kier alpha value is -2.10. The molecule has 1 amide bonds. The van der Waals surface area contributed by atoms with Gasteiger partial charge in [0.1, 0.15) is 5.82 Å². The lowest BCUT2D eigenvalue weighted by Crippen LogP contribution is -2.25. The molecule has 4 nitrogen and oxygen atoms in total. The Balaban J connectivity index is 2.26. The molecule has 1 heterocycles. The van der Waals surface area contributed by atoms with Gasteiger partial charge in [0, 0.05) is 12.1 Å². The highest BCUT2D eigenvalue weighted by molar-refractivity contribution is 5.92. The zero-order valence-corrected chi connectivity index (χ0v) is 13.0. The Bertz CT molecular complexity index is 655.